The number of ketones is 1. The molecule has 2 rings (SSSR count). The number of ether oxygens (including phenoxy) is 1. The molecule has 3 N–H and O–H groups in total. The highest BCUT2D eigenvalue weighted by atomic mass is 16.6. The van der Waals surface area contributed by atoms with Crippen molar-refractivity contribution in [3.63, 3.8) is 0 Å². The molecule has 0 aliphatic carbocycles. The fourth-order valence-electron chi connectivity index (χ4n) is 4.81. The lowest BCUT2D eigenvalue weighted by Gasteiger charge is -2.32. The van der Waals surface area contributed by atoms with E-state index < -0.39 is 47.9 Å². The summed E-state index contributed by atoms with van der Waals surface area (Å²) in [7, 11) is 3.51. The SMILES string of the molecule is CC1=C(O)[C@H](CC(C)C)N(C(=O)[C@@H](NC(=O)[C@@H](CN(C)C)NC(=O)C/C=C/[C@H]2O[C@H]2C(=O)CC(C)C)C(C)C)C1=O. The van der Waals surface area contributed by atoms with E-state index in [1.165, 1.54) is 6.92 Å². The van der Waals surface area contributed by atoms with E-state index in [9.17, 15) is 29.1 Å². The Morgan fingerprint density at radius 3 is 2.22 bits per heavy atom. The van der Waals surface area contributed by atoms with E-state index in [1.54, 1.807) is 45.0 Å². The number of hydrogen-bond donors (Lipinski definition) is 3. The van der Waals surface area contributed by atoms with E-state index in [4.69, 9.17) is 4.74 Å². The van der Waals surface area contributed by atoms with Crippen LogP contribution in [0.5, 0.6) is 0 Å². The first-order valence-corrected chi connectivity index (χ1v) is 14.4. The number of nitrogens with one attached hydrogen (secondary N) is 2. The van der Waals surface area contributed by atoms with Crippen LogP contribution < -0.4 is 10.6 Å². The first kappa shape index (κ1) is 34.2. The molecular weight excluding hydrogens is 528 g/mol. The summed E-state index contributed by atoms with van der Waals surface area (Å²) in [6.45, 7) is 13.0. The van der Waals surface area contributed by atoms with Crippen molar-refractivity contribution in [2.45, 2.75) is 98.1 Å². The standard InChI is InChI=1S/C30H48N4O7/c1-16(2)13-21-26(37)19(7)29(39)34(21)30(40)25(18(5)6)32-28(38)20(15-33(8)9)31-24(36)12-10-11-23-27(41-23)22(35)14-17(3)4/h10-11,16-18,20-21,23,25,27,37H,12-15H2,1-9H3,(H,31,36)(H,32,38)/b11-10+/t20-,21+,23-,25+,27+/m1/s1. The Bertz CT molecular complexity index is 1060. The number of likely N-dealkylation sites (N-methyl/N-ethyl adjacent to an activating group) is 1. The lowest BCUT2D eigenvalue weighted by atomic mass is 9.98. The molecule has 11 nitrogen and oxygen atoms in total. The van der Waals surface area contributed by atoms with E-state index >= 15 is 0 Å². The number of carbonyl (C=O) groups excluding carboxylic acids is 5. The molecule has 0 saturated carbocycles. The molecule has 0 bridgehead atoms. The maximum atomic E-state index is 13.6. The molecule has 0 spiro atoms. The predicted octanol–water partition coefficient (Wildman–Crippen LogP) is 2.12. The third kappa shape index (κ3) is 9.49. The number of hydrogen-bond acceptors (Lipinski definition) is 8. The second-order valence-electron chi connectivity index (χ2n) is 12.5. The zero-order chi connectivity index (χ0) is 31.2. The second-order valence-corrected chi connectivity index (χ2v) is 12.5. The highest BCUT2D eigenvalue weighted by Gasteiger charge is 2.45. The quantitative estimate of drug-likeness (QED) is 0.198. The minimum absolute atomic E-state index is 0.0158. The smallest absolute Gasteiger partial charge is 0.260 e. The highest BCUT2D eigenvalue weighted by molar-refractivity contribution is 6.09. The van der Waals surface area contributed by atoms with Gasteiger partial charge in [0, 0.05) is 19.4 Å². The summed E-state index contributed by atoms with van der Waals surface area (Å²) >= 11 is 0. The molecule has 41 heavy (non-hydrogen) atoms. The summed E-state index contributed by atoms with van der Waals surface area (Å²) in [5.74, 6) is -2.23. The number of aliphatic hydroxyl groups is 1. The summed E-state index contributed by atoms with van der Waals surface area (Å²) < 4.78 is 5.40. The fraction of sp³-hybridized carbons (Fsp3) is 0.700. The number of nitrogens with zero attached hydrogens (tertiary/aromatic N) is 2. The number of rotatable bonds is 15. The van der Waals surface area contributed by atoms with Crippen LogP contribution in [0.1, 0.15) is 67.7 Å². The number of imide groups is 1. The summed E-state index contributed by atoms with van der Waals surface area (Å²) in [6, 6.07) is -2.80. The van der Waals surface area contributed by atoms with Crippen LogP contribution in [-0.4, -0.2) is 95.3 Å². The van der Waals surface area contributed by atoms with Crippen molar-refractivity contribution < 1.29 is 33.8 Å². The van der Waals surface area contributed by atoms with Gasteiger partial charge >= 0.3 is 0 Å². The number of epoxide rings is 1. The number of Topliss-reactive ketones (excluding diaryl/α,β-unsaturated/α-hetero) is 1. The minimum Gasteiger partial charge on any atom is -0.510 e. The van der Waals surface area contributed by atoms with Crippen molar-refractivity contribution in [3.05, 3.63) is 23.5 Å². The van der Waals surface area contributed by atoms with Crippen molar-refractivity contribution in [2.24, 2.45) is 17.8 Å². The Balaban J connectivity index is 2.07. The number of aliphatic hydroxyl groups excluding tert-OH is 1. The van der Waals surface area contributed by atoms with Crippen LogP contribution in [0.15, 0.2) is 23.5 Å². The van der Waals surface area contributed by atoms with Crippen LogP contribution in [0.3, 0.4) is 0 Å². The largest absolute Gasteiger partial charge is 0.510 e. The maximum absolute atomic E-state index is 13.6. The van der Waals surface area contributed by atoms with Crippen molar-refractivity contribution in [3.8, 4) is 0 Å². The van der Waals surface area contributed by atoms with E-state index in [0.717, 1.165) is 4.90 Å². The Morgan fingerprint density at radius 1 is 1.05 bits per heavy atom. The molecule has 0 radical (unpaired) electrons. The summed E-state index contributed by atoms with van der Waals surface area (Å²) in [6.07, 6.45) is 3.32. The van der Waals surface area contributed by atoms with Gasteiger partial charge in [0.05, 0.1) is 11.6 Å². The van der Waals surface area contributed by atoms with Gasteiger partial charge in [0.2, 0.25) is 11.8 Å². The molecule has 0 aromatic rings. The van der Waals surface area contributed by atoms with Gasteiger partial charge in [-0.15, -0.1) is 0 Å². The van der Waals surface area contributed by atoms with Gasteiger partial charge in [0.15, 0.2) is 5.78 Å². The van der Waals surface area contributed by atoms with Crippen LogP contribution in [0, 0.1) is 17.8 Å². The van der Waals surface area contributed by atoms with Crippen molar-refractivity contribution in [1.29, 1.82) is 0 Å². The van der Waals surface area contributed by atoms with Gasteiger partial charge in [-0.3, -0.25) is 28.9 Å². The zero-order valence-electron chi connectivity index (χ0n) is 25.9. The van der Waals surface area contributed by atoms with Gasteiger partial charge in [-0.1, -0.05) is 53.7 Å². The lowest BCUT2D eigenvalue weighted by molar-refractivity contribution is -0.147. The maximum Gasteiger partial charge on any atom is 0.260 e. The minimum atomic E-state index is -1.05. The molecule has 2 aliphatic rings. The summed E-state index contributed by atoms with van der Waals surface area (Å²) in [5.41, 5.74) is 0.121. The van der Waals surface area contributed by atoms with Crippen LogP contribution in [0.2, 0.25) is 0 Å². The molecule has 1 fully saturated rings. The van der Waals surface area contributed by atoms with Gasteiger partial charge in [-0.25, -0.2) is 0 Å². The number of carbonyl (C=O) groups is 5. The second kappa shape index (κ2) is 14.7. The number of amides is 4. The summed E-state index contributed by atoms with van der Waals surface area (Å²) in [4.78, 5) is 67.5. The molecule has 230 valence electrons. The van der Waals surface area contributed by atoms with Crippen molar-refractivity contribution in [1.82, 2.24) is 20.4 Å². The average molecular weight is 577 g/mol. The third-order valence-electron chi connectivity index (χ3n) is 6.99. The lowest BCUT2D eigenvalue weighted by Crippen LogP contribution is -2.59. The normalized spacial score (nSPS) is 22.3. The summed E-state index contributed by atoms with van der Waals surface area (Å²) in [5, 5.41) is 16.0. The fourth-order valence-corrected chi connectivity index (χ4v) is 4.81. The van der Waals surface area contributed by atoms with Crippen molar-refractivity contribution in [2.75, 3.05) is 20.6 Å². The van der Waals surface area contributed by atoms with Gasteiger partial charge in [-0.2, -0.15) is 0 Å². The Morgan fingerprint density at radius 2 is 1.68 bits per heavy atom. The Labute approximate surface area is 243 Å². The Kier molecular flexibility index (Phi) is 12.3. The first-order chi connectivity index (χ1) is 19.0. The first-order valence-electron chi connectivity index (χ1n) is 14.4. The topological polar surface area (TPSA) is 149 Å². The molecule has 2 aliphatic heterocycles. The van der Waals surface area contributed by atoms with E-state index in [2.05, 4.69) is 10.6 Å². The molecule has 0 aromatic heterocycles. The van der Waals surface area contributed by atoms with E-state index in [0.29, 0.717) is 12.8 Å². The monoisotopic (exact) mass is 576 g/mol. The average Bonchev–Trinajstić information content (AvgIpc) is 3.59. The molecule has 0 aromatic carbocycles. The molecule has 0 unspecified atom stereocenters. The predicted molar refractivity (Wildman–Crippen MR) is 155 cm³/mol. The molecular formula is C30H48N4O7. The molecule has 1 saturated heterocycles. The van der Waals surface area contributed by atoms with Crippen LogP contribution >= 0.6 is 0 Å². The van der Waals surface area contributed by atoms with Crippen LogP contribution in [0.25, 0.3) is 0 Å². The van der Waals surface area contributed by atoms with Gasteiger partial charge < -0.3 is 25.4 Å². The molecule has 5 atom stereocenters. The Hall–Kier alpha value is -3.05. The van der Waals surface area contributed by atoms with Crippen LogP contribution in [-0.2, 0) is 28.7 Å². The van der Waals surface area contributed by atoms with Gasteiger partial charge in [0.1, 0.15) is 30.1 Å². The molecule has 4 amide bonds. The zero-order valence-corrected chi connectivity index (χ0v) is 25.9. The van der Waals surface area contributed by atoms with E-state index in [1.807, 2.05) is 27.7 Å². The highest BCUT2D eigenvalue weighted by Crippen LogP contribution is 2.30. The third-order valence-corrected chi connectivity index (χ3v) is 6.99. The van der Waals surface area contributed by atoms with Crippen molar-refractivity contribution >= 4 is 29.4 Å². The van der Waals surface area contributed by atoms with Gasteiger partial charge in [0.25, 0.3) is 11.8 Å². The molecule has 2 heterocycles. The van der Waals surface area contributed by atoms with E-state index in [-0.39, 0.29) is 53.9 Å². The van der Waals surface area contributed by atoms with Crippen LogP contribution in [0.4, 0.5) is 0 Å². The molecule has 11 heteroatoms. The van der Waals surface area contributed by atoms with Gasteiger partial charge in [-0.05, 0) is 45.2 Å².